The fraction of sp³-hybridized carbons (Fsp3) is 1.00. The Bertz CT molecular complexity index is 38.5. The van der Waals surface area contributed by atoms with E-state index in [-0.39, 0.29) is 34.1 Å². The van der Waals surface area contributed by atoms with Crippen LogP contribution in [-0.2, 0) is 84.7 Å². The van der Waals surface area contributed by atoms with Gasteiger partial charge >= 0.3 is 34.1 Å². The van der Waals surface area contributed by atoms with Crippen molar-refractivity contribution in [3.63, 3.8) is 0 Å². The van der Waals surface area contributed by atoms with Crippen molar-refractivity contribution >= 4 is 50.5 Å². The molecule has 0 aromatic carbocycles. The summed E-state index contributed by atoms with van der Waals surface area (Å²) < 4.78 is 0. The van der Waals surface area contributed by atoms with Crippen LogP contribution in [0.3, 0.4) is 0 Å². The van der Waals surface area contributed by atoms with Crippen molar-refractivity contribution < 1.29 is 34.1 Å². The van der Waals surface area contributed by atoms with E-state index < -0.39 is 0 Å². The Labute approximate surface area is 119 Å². The molecule has 0 bridgehead atoms. The van der Waals surface area contributed by atoms with Gasteiger partial charge in [-0.25, -0.2) is 0 Å². The van der Waals surface area contributed by atoms with Crippen molar-refractivity contribution in [1.82, 2.24) is 0 Å². The van der Waals surface area contributed by atoms with Gasteiger partial charge in [0.1, 0.15) is 0 Å². The summed E-state index contributed by atoms with van der Waals surface area (Å²) in [6.07, 6.45) is 2.04. The molecular formula is C6H12Fe2S4. The molecule has 0 aromatic heterocycles. The standard InChI is InChI=1S/2C3H8S2.2Fe/c2*4-2-1-3-5;;/h2*4-5H,1-3H2;;/q;;2*+2/p-4. The van der Waals surface area contributed by atoms with Gasteiger partial charge in [0.05, 0.1) is 0 Å². The van der Waals surface area contributed by atoms with E-state index in [1.165, 1.54) is 0 Å². The molecule has 0 aliphatic rings. The van der Waals surface area contributed by atoms with Crippen LogP contribution in [0.1, 0.15) is 12.8 Å². The third-order valence-corrected chi connectivity index (χ3v) is 1.73. The summed E-state index contributed by atoms with van der Waals surface area (Å²) in [5.41, 5.74) is 0. The van der Waals surface area contributed by atoms with E-state index in [0.29, 0.717) is 0 Å². The molecule has 0 aliphatic heterocycles. The molecule has 0 aromatic rings. The molecule has 6 heteroatoms. The van der Waals surface area contributed by atoms with Crippen LogP contribution in [0, 0.1) is 0 Å². The predicted molar refractivity (Wildman–Crippen MR) is 58.2 cm³/mol. The number of rotatable bonds is 4. The normalized spacial score (nSPS) is 7.00. The minimum Gasteiger partial charge on any atom is -0.793 e. The number of hydrogen-bond acceptors (Lipinski definition) is 4. The molecule has 0 saturated carbocycles. The van der Waals surface area contributed by atoms with Gasteiger partial charge in [-0.05, 0) is 0 Å². The zero-order valence-corrected chi connectivity index (χ0v) is 12.1. The average Bonchev–Trinajstić information content (AvgIpc) is 1.93. The van der Waals surface area contributed by atoms with Crippen molar-refractivity contribution in [2.45, 2.75) is 12.8 Å². The minimum absolute atomic E-state index is 0. The van der Waals surface area contributed by atoms with E-state index in [4.69, 9.17) is 0 Å². The Kier molecular flexibility index (Phi) is 58.2. The van der Waals surface area contributed by atoms with Gasteiger partial charge in [-0.15, -0.1) is 0 Å². The van der Waals surface area contributed by atoms with E-state index in [2.05, 4.69) is 50.5 Å². The van der Waals surface area contributed by atoms with Crippen molar-refractivity contribution in [2.24, 2.45) is 0 Å². The average molecular weight is 324 g/mol. The van der Waals surface area contributed by atoms with Crippen LogP contribution in [0.2, 0.25) is 0 Å². The van der Waals surface area contributed by atoms with Gasteiger partial charge in [0, 0.05) is 0 Å². The van der Waals surface area contributed by atoms with Gasteiger partial charge in [0.2, 0.25) is 0 Å². The van der Waals surface area contributed by atoms with Gasteiger partial charge in [0.15, 0.2) is 0 Å². The fourth-order valence-corrected chi connectivity index (χ4v) is 1.06. The predicted octanol–water partition coefficient (Wildman–Crippen LogP) is 0.936. The smallest absolute Gasteiger partial charge is 0.793 e. The second kappa shape index (κ2) is 29.2. The van der Waals surface area contributed by atoms with Crippen LogP contribution in [0.25, 0.3) is 0 Å². The Hall–Kier alpha value is 2.44. The topological polar surface area (TPSA) is 0 Å². The van der Waals surface area contributed by atoms with Crippen LogP contribution in [-0.4, -0.2) is 23.0 Å². The van der Waals surface area contributed by atoms with E-state index >= 15 is 0 Å². The Morgan fingerprint density at radius 3 is 0.667 bits per heavy atom. The first kappa shape index (κ1) is 23.9. The molecule has 0 spiro atoms. The van der Waals surface area contributed by atoms with Crippen LogP contribution in [0.5, 0.6) is 0 Å². The molecule has 0 unspecified atom stereocenters. The van der Waals surface area contributed by atoms with Crippen molar-refractivity contribution in [3.8, 4) is 0 Å². The van der Waals surface area contributed by atoms with Gasteiger partial charge in [-0.3, -0.25) is 0 Å². The maximum Gasteiger partial charge on any atom is 2.00 e. The molecule has 0 fully saturated rings. The summed E-state index contributed by atoms with van der Waals surface area (Å²) in [4.78, 5) is 0. The Morgan fingerprint density at radius 2 is 0.667 bits per heavy atom. The molecule has 0 nitrogen and oxygen atoms in total. The molecule has 76 valence electrons. The maximum atomic E-state index is 4.58. The quantitative estimate of drug-likeness (QED) is 0.557. The van der Waals surface area contributed by atoms with Gasteiger partial charge in [-0.2, -0.15) is 23.0 Å². The van der Waals surface area contributed by atoms with Crippen LogP contribution in [0.15, 0.2) is 0 Å². The van der Waals surface area contributed by atoms with Crippen LogP contribution < -0.4 is 0 Å². The van der Waals surface area contributed by atoms with E-state index in [9.17, 15) is 0 Å². The van der Waals surface area contributed by atoms with Gasteiger partial charge in [0.25, 0.3) is 0 Å². The van der Waals surface area contributed by atoms with Crippen molar-refractivity contribution in [2.75, 3.05) is 23.0 Å². The molecule has 0 rings (SSSR count). The molecule has 12 heavy (non-hydrogen) atoms. The molecular weight excluding hydrogens is 312 g/mol. The largest absolute Gasteiger partial charge is 2.00 e. The SMILES string of the molecule is [Fe+2].[Fe+2].[S-]CCC[S-].[S-]CCC[S-]. The molecule has 0 heterocycles. The third kappa shape index (κ3) is 39.3. The van der Waals surface area contributed by atoms with E-state index in [1.807, 2.05) is 0 Å². The zero-order chi connectivity index (χ0) is 8.24. The van der Waals surface area contributed by atoms with Gasteiger partial charge < -0.3 is 50.5 Å². The first-order chi connectivity index (χ1) is 4.83. The molecule has 0 radical (unpaired) electrons. The van der Waals surface area contributed by atoms with E-state index in [0.717, 1.165) is 35.9 Å². The Balaban J connectivity index is -0.0000000457. The van der Waals surface area contributed by atoms with Gasteiger partial charge in [-0.1, -0.05) is 12.8 Å². The first-order valence-electron chi connectivity index (χ1n) is 3.15. The van der Waals surface area contributed by atoms with Crippen LogP contribution in [0.4, 0.5) is 0 Å². The molecule has 0 atom stereocenters. The molecule has 0 amide bonds. The summed E-state index contributed by atoms with van der Waals surface area (Å²) in [7, 11) is 0. The van der Waals surface area contributed by atoms with E-state index in [1.54, 1.807) is 0 Å². The fourth-order valence-electron chi connectivity index (χ4n) is 0.118. The van der Waals surface area contributed by atoms with Crippen LogP contribution >= 0.6 is 0 Å². The monoisotopic (exact) mass is 324 g/mol. The molecule has 0 N–H and O–H groups in total. The third-order valence-electron chi connectivity index (χ3n) is 0.577. The summed E-state index contributed by atoms with van der Waals surface area (Å²) in [6.45, 7) is 0. The zero-order valence-electron chi connectivity index (χ0n) is 6.58. The second-order valence-electron chi connectivity index (χ2n) is 1.52. The maximum absolute atomic E-state index is 4.58. The Morgan fingerprint density at radius 1 is 0.500 bits per heavy atom. The van der Waals surface area contributed by atoms with Crippen molar-refractivity contribution in [3.05, 3.63) is 0 Å². The summed E-state index contributed by atoms with van der Waals surface area (Å²) in [5, 5.41) is 0. The van der Waals surface area contributed by atoms with Crippen molar-refractivity contribution in [1.29, 1.82) is 0 Å². The summed E-state index contributed by atoms with van der Waals surface area (Å²) in [6, 6.07) is 0. The molecule has 0 saturated heterocycles. The minimum atomic E-state index is 0. The second-order valence-corrected chi connectivity index (χ2v) is 3.16. The first-order valence-corrected chi connectivity index (χ1v) is 5.46. The number of hydrogen-bond donors (Lipinski definition) is 0. The molecule has 0 aliphatic carbocycles. The summed E-state index contributed by atoms with van der Waals surface area (Å²) >= 11 is 18.3. The summed E-state index contributed by atoms with van der Waals surface area (Å²) in [5.74, 6) is 3.29.